The van der Waals surface area contributed by atoms with Gasteiger partial charge in [0, 0.05) is 19.3 Å². The fourth-order valence-corrected chi connectivity index (χ4v) is 2.66. The zero-order valence-electron chi connectivity index (χ0n) is 14.0. The molecule has 0 bridgehead atoms. The van der Waals surface area contributed by atoms with Crippen LogP contribution in [0.3, 0.4) is 0 Å². The molecule has 0 aromatic heterocycles. The van der Waals surface area contributed by atoms with E-state index in [1.807, 2.05) is 39.1 Å². The maximum atomic E-state index is 12.3. The first-order valence-corrected chi connectivity index (χ1v) is 8.07. The molecule has 1 aliphatic rings. The number of nitrogens with one attached hydrogen (secondary N) is 1. The zero-order valence-corrected chi connectivity index (χ0v) is 14.0. The Hall–Kier alpha value is -1.84. The van der Waals surface area contributed by atoms with Crippen LogP contribution in [-0.2, 0) is 9.59 Å². The lowest BCUT2D eigenvalue weighted by Crippen LogP contribution is -2.30. The second-order valence-electron chi connectivity index (χ2n) is 6.30. The average molecular weight is 302 g/mol. The van der Waals surface area contributed by atoms with E-state index in [2.05, 4.69) is 12.2 Å². The summed E-state index contributed by atoms with van der Waals surface area (Å²) in [7, 11) is 1.83. The van der Waals surface area contributed by atoms with Gasteiger partial charge in [0.15, 0.2) is 0 Å². The molecule has 1 saturated carbocycles. The first kappa shape index (κ1) is 16.5. The fraction of sp³-hybridized carbons (Fsp3) is 0.556. The van der Waals surface area contributed by atoms with E-state index in [9.17, 15) is 9.59 Å². The average Bonchev–Trinajstić information content (AvgIpc) is 3.29. The monoisotopic (exact) mass is 302 g/mol. The summed E-state index contributed by atoms with van der Waals surface area (Å²) in [5, 5.41) is 2.97. The molecule has 2 atom stereocenters. The third-order valence-electron chi connectivity index (χ3n) is 4.53. The molecule has 0 radical (unpaired) electrons. The minimum Gasteiger partial charge on any atom is -0.346 e. The highest BCUT2D eigenvalue weighted by atomic mass is 16.2. The highest BCUT2D eigenvalue weighted by molar-refractivity contribution is 5.99. The maximum absolute atomic E-state index is 12.3. The van der Waals surface area contributed by atoms with E-state index < -0.39 is 0 Å². The molecule has 1 aromatic rings. The number of aryl methyl sites for hydroxylation is 1. The van der Waals surface area contributed by atoms with Gasteiger partial charge in [-0.15, -0.1) is 0 Å². The Morgan fingerprint density at radius 1 is 1.27 bits per heavy atom. The summed E-state index contributed by atoms with van der Waals surface area (Å²) < 4.78 is 0. The molecule has 1 aliphatic carbocycles. The van der Waals surface area contributed by atoms with E-state index in [0.717, 1.165) is 36.2 Å². The molecule has 1 aromatic carbocycles. The largest absolute Gasteiger partial charge is 0.346 e. The normalized spacial score (nSPS) is 19.6. The number of anilines is 1. The van der Waals surface area contributed by atoms with E-state index in [1.54, 1.807) is 4.90 Å². The number of unbranched alkanes of at least 4 members (excludes halogenated alkanes) is 1. The maximum Gasteiger partial charge on any atom is 0.228 e. The van der Waals surface area contributed by atoms with Crippen LogP contribution >= 0.6 is 0 Å². The number of hydrogen-bond acceptors (Lipinski definition) is 2. The minimum absolute atomic E-state index is 0.0315. The Morgan fingerprint density at radius 2 is 2.00 bits per heavy atom. The molecule has 0 heterocycles. The molecule has 2 rings (SSSR count). The number of hydrogen-bond donors (Lipinski definition) is 1. The van der Waals surface area contributed by atoms with Crippen molar-refractivity contribution in [2.75, 3.05) is 18.9 Å². The molecule has 1 N–H and O–H groups in total. The lowest BCUT2D eigenvalue weighted by atomic mass is 10.1. The molecule has 1 fully saturated rings. The number of carbonyl (C=O) groups excluding carboxylic acids is 2. The van der Waals surface area contributed by atoms with Gasteiger partial charge in [0.2, 0.25) is 11.8 Å². The van der Waals surface area contributed by atoms with Crippen molar-refractivity contribution in [2.24, 2.45) is 11.8 Å². The number of carbonyl (C=O) groups is 2. The van der Waals surface area contributed by atoms with E-state index in [0.29, 0.717) is 6.42 Å². The van der Waals surface area contributed by atoms with Crippen LogP contribution in [0, 0.1) is 25.7 Å². The van der Waals surface area contributed by atoms with Crippen molar-refractivity contribution in [1.29, 1.82) is 0 Å². The lowest BCUT2D eigenvalue weighted by molar-refractivity contribution is -0.132. The second kappa shape index (κ2) is 6.95. The third kappa shape index (κ3) is 3.67. The van der Waals surface area contributed by atoms with Gasteiger partial charge in [-0.2, -0.15) is 0 Å². The zero-order chi connectivity index (χ0) is 16.3. The highest BCUT2D eigenvalue weighted by Gasteiger charge is 2.49. The Bertz CT molecular complexity index is 568. The number of rotatable bonds is 6. The summed E-state index contributed by atoms with van der Waals surface area (Å²) in [5.41, 5.74) is 3.09. The Balaban J connectivity index is 1.90. The van der Waals surface area contributed by atoms with Gasteiger partial charge in [-0.05, 0) is 43.9 Å². The Morgan fingerprint density at radius 3 is 2.68 bits per heavy atom. The molecule has 2 unspecified atom stereocenters. The SMILES string of the molecule is CCCCN(C)C(=O)C1CC1C(=O)Nc1cccc(C)c1C. The highest BCUT2D eigenvalue weighted by Crippen LogP contribution is 2.40. The van der Waals surface area contributed by atoms with Crippen molar-refractivity contribution in [3.63, 3.8) is 0 Å². The summed E-state index contributed by atoms with van der Waals surface area (Å²) in [6.07, 6.45) is 2.75. The first-order chi connectivity index (χ1) is 10.5. The molecule has 4 nitrogen and oxygen atoms in total. The van der Waals surface area contributed by atoms with Crippen molar-refractivity contribution >= 4 is 17.5 Å². The van der Waals surface area contributed by atoms with Crippen molar-refractivity contribution < 1.29 is 9.59 Å². The van der Waals surface area contributed by atoms with Crippen LogP contribution in [0.2, 0.25) is 0 Å². The van der Waals surface area contributed by atoms with Crippen molar-refractivity contribution in [3.05, 3.63) is 29.3 Å². The van der Waals surface area contributed by atoms with E-state index in [4.69, 9.17) is 0 Å². The van der Waals surface area contributed by atoms with Crippen molar-refractivity contribution in [3.8, 4) is 0 Å². The van der Waals surface area contributed by atoms with E-state index >= 15 is 0 Å². The number of amides is 2. The fourth-order valence-electron chi connectivity index (χ4n) is 2.66. The molecule has 120 valence electrons. The Labute approximate surface area is 132 Å². The molecule has 0 saturated heterocycles. The Kier molecular flexibility index (Phi) is 5.22. The quantitative estimate of drug-likeness (QED) is 0.877. The summed E-state index contributed by atoms with van der Waals surface area (Å²) in [5.74, 6) is -0.228. The summed E-state index contributed by atoms with van der Waals surface area (Å²) in [6.45, 7) is 6.91. The predicted molar refractivity (Wildman–Crippen MR) is 88.7 cm³/mol. The van der Waals surface area contributed by atoms with Crippen LogP contribution < -0.4 is 5.32 Å². The molecule has 22 heavy (non-hydrogen) atoms. The van der Waals surface area contributed by atoms with Gasteiger partial charge in [0.05, 0.1) is 11.8 Å². The van der Waals surface area contributed by atoms with Crippen molar-refractivity contribution in [2.45, 2.75) is 40.0 Å². The molecule has 4 heteroatoms. The first-order valence-electron chi connectivity index (χ1n) is 8.07. The number of benzene rings is 1. The summed E-state index contributed by atoms with van der Waals surface area (Å²) in [6, 6.07) is 5.87. The second-order valence-corrected chi connectivity index (χ2v) is 6.30. The standard InChI is InChI=1S/C18H26N2O2/c1-5-6-10-20(4)18(22)15-11-14(15)17(21)19-16-9-7-8-12(2)13(16)3/h7-9,14-15H,5-6,10-11H2,1-4H3,(H,19,21). The van der Waals surface area contributed by atoms with Gasteiger partial charge in [0.25, 0.3) is 0 Å². The van der Waals surface area contributed by atoms with Crippen LogP contribution in [0.15, 0.2) is 18.2 Å². The minimum atomic E-state index is -0.170. The molecular formula is C18H26N2O2. The predicted octanol–water partition coefficient (Wildman–Crippen LogP) is 3.14. The topological polar surface area (TPSA) is 49.4 Å². The smallest absolute Gasteiger partial charge is 0.228 e. The van der Waals surface area contributed by atoms with Crippen LogP contribution in [0.4, 0.5) is 5.69 Å². The van der Waals surface area contributed by atoms with Crippen LogP contribution in [0.1, 0.15) is 37.3 Å². The molecule has 0 aliphatic heterocycles. The van der Waals surface area contributed by atoms with Crippen LogP contribution in [-0.4, -0.2) is 30.3 Å². The summed E-state index contributed by atoms with van der Waals surface area (Å²) >= 11 is 0. The lowest BCUT2D eigenvalue weighted by Gasteiger charge is -2.16. The van der Waals surface area contributed by atoms with Gasteiger partial charge in [-0.25, -0.2) is 0 Å². The van der Waals surface area contributed by atoms with Gasteiger partial charge < -0.3 is 10.2 Å². The van der Waals surface area contributed by atoms with Crippen LogP contribution in [0.5, 0.6) is 0 Å². The van der Waals surface area contributed by atoms with Gasteiger partial charge in [-0.3, -0.25) is 9.59 Å². The molecular weight excluding hydrogens is 276 g/mol. The van der Waals surface area contributed by atoms with Gasteiger partial charge >= 0.3 is 0 Å². The van der Waals surface area contributed by atoms with Gasteiger partial charge in [0.1, 0.15) is 0 Å². The van der Waals surface area contributed by atoms with E-state index in [-0.39, 0.29) is 23.7 Å². The van der Waals surface area contributed by atoms with E-state index in [1.165, 1.54) is 0 Å². The number of nitrogens with zero attached hydrogens (tertiary/aromatic N) is 1. The van der Waals surface area contributed by atoms with Crippen molar-refractivity contribution in [1.82, 2.24) is 4.90 Å². The van der Waals surface area contributed by atoms with Crippen LogP contribution in [0.25, 0.3) is 0 Å². The molecule has 0 spiro atoms. The molecule has 2 amide bonds. The summed E-state index contributed by atoms with van der Waals surface area (Å²) in [4.78, 5) is 26.3. The van der Waals surface area contributed by atoms with Gasteiger partial charge in [-0.1, -0.05) is 25.5 Å². The third-order valence-corrected chi connectivity index (χ3v) is 4.53.